The second kappa shape index (κ2) is 4.44. The molecule has 0 aromatic heterocycles. The predicted octanol–water partition coefficient (Wildman–Crippen LogP) is 1.06. The number of hydrogen-bond acceptors (Lipinski definition) is 2. The molecule has 4 heteroatoms. The zero-order chi connectivity index (χ0) is 11.6. The Morgan fingerprint density at radius 2 is 1.94 bits per heavy atom. The third kappa shape index (κ3) is 1.93. The van der Waals surface area contributed by atoms with Crippen LogP contribution in [0.2, 0.25) is 0 Å². The van der Waals surface area contributed by atoms with Gasteiger partial charge in [-0.05, 0) is 19.8 Å². The van der Waals surface area contributed by atoms with Crippen molar-refractivity contribution in [2.24, 2.45) is 0 Å². The number of rotatable bonds is 1. The molecule has 4 nitrogen and oxygen atoms in total. The van der Waals surface area contributed by atoms with E-state index in [1.165, 1.54) is 6.42 Å². The molecule has 0 aromatic rings. The van der Waals surface area contributed by atoms with Crippen molar-refractivity contribution in [1.82, 2.24) is 10.2 Å². The van der Waals surface area contributed by atoms with Crippen LogP contribution in [0.15, 0.2) is 0 Å². The normalized spacial score (nSPS) is 25.4. The quantitative estimate of drug-likeness (QED) is 0.724. The third-order valence-corrected chi connectivity index (χ3v) is 3.77. The molecular formula is C12H20N2O2. The molecule has 1 saturated heterocycles. The van der Waals surface area contributed by atoms with Crippen molar-refractivity contribution in [3.8, 4) is 0 Å². The standard InChI is InChI=1S/C12H20N2O2/c1-2-14-9-6-10(15)13-12(11(14)16)7-4-3-5-8-12/h2-9H2,1H3,(H,13,15). The molecule has 1 N–H and O–H groups in total. The smallest absolute Gasteiger partial charge is 0.248 e. The molecule has 0 aromatic carbocycles. The maximum Gasteiger partial charge on any atom is 0.248 e. The van der Waals surface area contributed by atoms with E-state index in [9.17, 15) is 9.59 Å². The van der Waals surface area contributed by atoms with Gasteiger partial charge < -0.3 is 10.2 Å². The summed E-state index contributed by atoms with van der Waals surface area (Å²) >= 11 is 0. The molecule has 2 rings (SSSR count). The largest absolute Gasteiger partial charge is 0.342 e. The Bertz CT molecular complexity index is 295. The van der Waals surface area contributed by atoms with Crippen LogP contribution in [-0.4, -0.2) is 35.3 Å². The summed E-state index contributed by atoms with van der Waals surface area (Å²) < 4.78 is 0. The second-order valence-corrected chi connectivity index (χ2v) is 4.83. The van der Waals surface area contributed by atoms with Crippen LogP contribution in [0.4, 0.5) is 0 Å². The summed E-state index contributed by atoms with van der Waals surface area (Å²) in [5.41, 5.74) is -0.568. The molecule has 1 spiro atoms. The van der Waals surface area contributed by atoms with E-state index < -0.39 is 5.54 Å². The van der Waals surface area contributed by atoms with Crippen LogP contribution in [-0.2, 0) is 9.59 Å². The van der Waals surface area contributed by atoms with Crippen LogP contribution in [0.1, 0.15) is 45.4 Å². The molecule has 1 saturated carbocycles. The van der Waals surface area contributed by atoms with E-state index in [0.717, 1.165) is 25.7 Å². The van der Waals surface area contributed by atoms with Gasteiger partial charge in [-0.25, -0.2) is 0 Å². The first-order chi connectivity index (χ1) is 7.68. The van der Waals surface area contributed by atoms with Crippen LogP contribution in [0.5, 0.6) is 0 Å². The molecule has 16 heavy (non-hydrogen) atoms. The minimum absolute atomic E-state index is 0.0335. The Labute approximate surface area is 96.4 Å². The Morgan fingerprint density at radius 3 is 2.56 bits per heavy atom. The third-order valence-electron chi connectivity index (χ3n) is 3.77. The summed E-state index contributed by atoms with van der Waals surface area (Å²) in [6, 6.07) is 0. The number of carbonyl (C=O) groups excluding carboxylic acids is 2. The van der Waals surface area contributed by atoms with Gasteiger partial charge >= 0.3 is 0 Å². The maximum absolute atomic E-state index is 12.4. The van der Waals surface area contributed by atoms with Crippen LogP contribution < -0.4 is 5.32 Å². The molecule has 1 aliphatic heterocycles. The van der Waals surface area contributed by atoms with Crippen LogP contribution in [0, 0.1) is 0 Å². The predicted molar refractivity (Wildman–Crippen MR) is 60.8 cm³/mol. The summed E-state index contributed by atoms with van der Waals surface area (Å²) in [6.45, 7) is 3.25. The molecule has 1 heterocycles. The van der Waals surface area contributed by atoms with Gasteiger partial charge in [0.05, 0.1) is 0 Å². The van der Waals surface area contributed by atoms with E-state index in [1.807, 2.05) is 11.8 Å². The number of hydrogen-bond donors (Lipinski definition) is 1. The van der Waals surface area contributed by atoms with E-state index in [1.54, 1.807) is 0 Å². The first-order valence-electron chi connectivity index (χ1n) is 6.28. The number of amides is 2. The van der Waals surface area contributed by atoms with Gasteiger partial charge in [-0.15, -0.1) is 0 Å². The SMILES string of the molecule is CCN1CCC(=O)NC2(CCCCC2)C1=O. The fourth-order valence-electron chi connectivity index (χ4n) is 2.82. The Balaban J connectivity index is 2.24. The highest BCUT2D eigenvalue weighted by molar-refractivity contribution is 5.93. The van der Waals surface area contributed by atoms with Crippen molar-refractivity contribution in [2.75, 3.05) is 13.1 Å². The van der Waals surface area contributed by atoms with Gasteiger partial charge in [-0.3, -0.25) is 9.59 Å². The molecule has 2 aliphatic rings. The molecular weight excluding hydrogens is 204 g/mol. The topological polar surface area (TPSA) is 49.4 Å². The van der Waals surface area contributed by atoms with Crippen molar-refractivity contribution in [3.63, 3.8) is 0 Å². The number of nitrogens with zero attached hydrogens (tertiary/aromatic N) is 1. The molecule has 2 fully saturated rings. The van der Waals surface area contributed by atoms with E-state index in [-0.39, 0.29) is 11.8 Å². The molecule has 1 aliphatic carbocycles. The first kappa shape index (κ1) is 11.4. The lowest BCUT2D eigenvalue weighted by molar-refractivity contribution is -0.140. The summed E-state index contributed by atoms with van der Waals surface area (Å²) in [5.74, 6) is 0.173. The highest BCUT2D eigenvalue weighted by atomic mass is 16.2. The Kier molecular flexibility index (Phi) is 3.17. The van der Waals surface area contributed by atoms with E-state index in [0.29, 0.717) is 19.5 Å². The minimum Gasteiger partial charge on any atom is -0.342 e. The summed E-state index contributed by atoms with van der Waals surface area (Å²) in [6.07, 6.45) is 5.34. The lowest BCUT2D eigenvalue weighted by Crippen LogP contribution is -2.58. The Morgan fingerprint density at radius 1 is 1.25 bits per heavy atom. The van der Waals surface area contributed by atoms with Crippen LogP contribution in [0.25, 0.3) is 0 Å². The Hall–Kier alpha value is -1.06. The molecule has 0 unspecified atom stereocenters. The van der Waals surface area contributed by atoms with Gasteiger partial charge in [-0.2, -0.15) is 0 Å². The highest BCUT2D eigenvalue weighted by Gasteiger charge is 2.44. The average molecular weight is 224 g/mol. The van der Waals surface area contributed by atoms with Gasteiger partial charge in [0.15, 0.2) is 0 Å². The second-order valence-electron chi connectivity index (χ2n) is 4.83. The number of likely N-dealkylation sites (N-methyl/N-ethyl adjacent to an activating group) is 1. The fraction of sp³-hybridized carbons (Fsp3) is 0.833. The fourth-order valence-corrected chi connectivity index (χ4v) is 2.82. The van der Waals surface area contributed by atoms with E-state index in [4.69, 9.17) is 0 Å². The minimum atomic E-state index is -0.568. The van der Waals surface area contributed by atoms with Gasteiger partial charge in [-0.1, -0.05) is 19.3 Å². The van der Waals surface area contributed by atoms with Crippen LogP contribution >= 0.6 is 0 Å². The molecule has 0 radical (unpaired) electrons. The van der Waals surface area contributed by atoms with Crippen molar-refractivity contribution < 1.29 is 9.59 Å². The lowest BCUT2D eigenvalue weighted by Gasteiger charge is -2.37. The van der Waals surface area contributed by atoms with Crippen molar-refractivity contribution in [2.45, 2.75) is 51.0 Å². The van der Waals surface area contributed by atoms with Gasteiger partial charge in [0.2, 0.25) is 11.8 Å². The zero-order valence-electron chi connectivity index (χ0n) is 9.92. The van der Waals surface area contributed by atoms with Gasteiger partial charge in [0, 0.05) is 19.5 Å². The summed E-state index contributed by atoms with van der Waals surface area (Å²) in [7, 11) is 0. The van der Waals surface area contributed by atoms with Crippen molar-refractivity contribution in [3.05, 3.63) is 0 Å². The monoisotopic (exact) mass is 224 g/mol. The van der Waals surface area contributed by atoms with E-state index in [2.05, 4.69) is 5.32 Å². The van der Waals surface area contributed by atoms with Crippen LogP contribution in [0.3, 0.4) is 0 Å². The summed E-state index contributed by atoms with van der Waals surface area (Å²) in [4.78, 5) is 25.9. The zero-order valence-corrected chi connectivity index (χ0v) is 9.92. The summed E-state index contributed by atoms with van der Waals surface area (Å²) in [5, 5.41) is 2.98. The average Bonchev–Trinajstić information content (AvgIpc) is 2.40. The molecule has 0 bridgehead atoms. The van der Waals surface area contributed by atoms with Crippen molar-refractivity contribution in [1.29, 1.82) is 0 Å². The van der Waals surface area contributed by atoms with E-state index >= 15 is 0 Å². The lowest BCUT2D eigenvalue weighted by atomic mass is 9.80. The van der Waals surface area contributed by atoms with Gasteiger partial charge in [0.1, 0.15) is 5.54 Å². The van der Waals surface area contributed by atoms with Gasteiger partial charge in [0.25, 0.3) is 0 Å². The molecule has 90 valence electrons. The molecule has 0 atom stereocenters. The number of nitrogens with one attached hydrogen (secondary N) is 1. The number of carbonyl (C=O) groups is 2. The molecule has 2 amide bonds. The maximum atomic E-state index is 12.4. The van der Waals surface area contributed by atoms with Crippen molar-refractivity contribution >= 4 is 11.8 Å². The first-order valence-corrected chi connectivity index (χ1v) is 6.28. The highest BCUT2D eigenvalue weighted by Crippen LogP contribution is 2.31.